The van der Waals surface area contributed by atoms with Crippen LogP contribution in [0.5, 0.6) is 0 Å². The van der Waals surface area contributed by atoms with E-state index in [1.165, 1.54) is 0 Å². The molecule has 2 aromatic carbocycles. The lowest BCUT2D eigenvalue weighted by Gasteiger charge is -2.31. The summed E-state index contributed by atoms with van der Waals surface area (Å²) in [5, 5.41) is 12.6. The van der Waals surface area contributed by atoms with E-state index in [0.717, 1.165) is 53.3 Å². The summed E-state index contributed by atoms with van der Waals surface area (Å²) in [6.45, 7) is 7.72. The van der Waals surface area contributed by atoms with E-state index in [2.05, 4.69) is 15.5 Å². The van der Waals surface area contributed by atoms with Gasteiger partial charge in [-0.1, -0.05) is 49.2 Å². The number of benzene rings is 2. The molecule has 28 heavy (non-hydrogen) atoms. The van der Waals surface area contributed by atoms with E-state index >= 15 is 0 Å². The van der Waals surface area contributed by atoms with Crippen LogP contribution in [-0.4, -0.2) is 21.2 Å². The van der Waals surface area contributed by atoms with Gasteiger partial charge >= 0.3 is 0 Å². The Kier molecular flexibility index (Phi) is 5.07. The molecule has 0 saturated heterocycles. The summed E-state index contributed by atoms with van der Waals surface area (Å²) in [6, 6.07) is 9.88. The quantitative estimate of drug-likeness (QED) is 0.548. The maximum absolute atomic E-state index is 11.2. The lowest BCUT2D eigenvalue weighted by atomic mass is 9.87. The molecule has 1 aromatic heterocycles. The maximum atomic E-state index is 11.2. The molecule has 3 aromatic rings. The third kappa shape index (κ3) is 2.99. The molecule has 2 heterocycles. The molecule has 0 spiro atoms. The van der Waals surface area contributed by atoms with E-state index in [0.29, 0.717) is 22.9 Å². The van der Waals surface area contributed by atoms with Gasteiger partial charge in [0.1, 0.15) is 5.52 Å². The second-order valence-electron chi connectivity index (χ2n) is 7.55. The van der Waals surface area contributed by atoms with Crippen LogP contribution in [0.3, 0.4) is 0 Å². The topological polar surface area (TPSA) is 41.3 Å². The summed E-state index contributed by atoms with van der Waals surface area (Å²) in [5.74, 6) is 0.830. The van der Waals surface area contributed by atoms with Crippen LogP contribution in [0.2, 0.25) is 10.0 Å². The van der Waals surface area contributed by atoms with Gasteiger partial charge in [0.15, 0.2) is 0 Å². The van der Waals surface area contributed by atoms with E-state index in [1.54, 1.807) is 0 Å². The Balaban J connectivity index is 1.97. The molecule has 0 saturated carbocycles. The van der Waals surface area contributed by atoms with Crippen LogP contribution in [0.25, 0.3) is 11.0 Å². The highest BCUT2D eigenvalue weighted by Crippen LogP contribution is 2.42. The van der Waals surface area contributed by atoms with Crippen molar-refractivity contribution in [1.29, 1.82) is 0 Å². The molecule has 4 rings (SSSR count). The lowest BCUT2D eigenvalue weighted by molar-refractivity contribution is 0.0295. The summed E-state index contributed by atoms with van der Waals surface area (Å²) in [5.41, 5.74) is 3.74. The summed E-state index contributed by atoms with van der Waals surface area (Å²) in [4.78, 5) is 7.06. The molecule has 0 amide bonds. The van der Waals surface area contributed by atoms with Crippen molar-refractivity contribution in [1.82, 2.24) is 9.55 Å². The number of aryl methyl sites for hydroxylation is 2. The van der Waals surface area contributed by atoms with E-state index in [-0.39, 0.29) is 0 Å². The second kappa shape index (κ2) is 7.25. The van der Waals surface area contributed by atoms with Crippen molar-refractivity contribution in [2.24, 2.45) is 0 Å². The molecule has 1 N–H and O–H groups in total. The predicted octanol–water partition coefficient (Wildman–Crippen LogP) is 6.20. The Morgan fingerprint density at radius 2 is 1.82 bits per heavy atom. The number of anilines is 2. The van der Waals surface area contributed by atoms with Crippen LogP contribution < -0.4 is 4.90 Å². The molecule has 0 atom stereocenters. The van der Waals surface area contributed by atoms with Gasteiger partial charge in [0, 0.05) is 18.7 Å². The second-order valence-corrected chi connectivity index (χ2v) is 8.37. The highest BCUT2D eigenvalue weighted by molar-refractivity contribution is 6.35. The number of halogens is 2. The average Bonchev–Trinajstić information content (AvgIpc) is 3.09. The molecular formula is C22H25Cl2N3O. The SMILES string of the molecule is CCC(O)(CC)c1ccc(Cl)c2nc3n(c12)CCCN3c1ccc(C)cc1Cl. The van der Waals surface area contributed by atoms with Gasteiger partial charge in [0.05, 0.1) is 26.9 Å². The van der Waals surface area contributed by atoms with Crippen molar-refractivity contribution in [2.45, 2.75) is 52.2 Å². The summed E-state index contributed by atoms with van der Waals surface area (Å²) >= 11 is 13.1. The lowest BCUT2D eigenvalue weighted by Crippen LogP contribution is -2.29. The molecule has 1 aliphatic rings. The van der Waals surface area contributed by atoms with Crippen molar-refractivity contribution >= 4 is 45.9 Å². The van der Waals surface area contributed by atoms with Crippen LogP contribution in [-0.2, 0) is 12.1 Å². The number of hydrogen-bond acceptors (Lipinski definition) is 3. The molecule has 0 aliphatic carbocycles. The van der Waals surface area contributed by atoms with Gasteiger partial charge in [-0.3, -0.25) is 0 Å². The number of aromatic nitrogens is 2. The molecule has 148 valence electrons. The van der Waals surface area contributed by atoms with Gasteiger partial charge in [0.25, 0.3) is 0 Å². The first kappa shape index (κ1) is 19.6. The predicted molar refractivity (Wildman–Crippen MR) is 117 cm³/mol. The number of aliphatic hydroxyl groups is 1. The highest BCUT2D eigenvalue weighted by atomic mass is 35.5. The molecular weight excluding hydrogens is 393 g/mol. The summed E-state index contributed by atoms with van der Waals surface area (Å²) < 4.78 is 2.19. The van der Waals surface area contributed by atoms with Gasteiger partial charge in [-0.15, -0.1) is 0 Å². The molecule has 1 aliphatic heterocycles. The maximum Gasteiger partial charge on any atom is 0.211 e. The first-order chi connectivity index (χ1) is 13.4. The Hall–Kier alpha value is -1.75. The highest BCUT2D eigenvalue weighted by Gasteiger charge is 2.32. The number of fused-ring (bicyclic) bond motifs is 3. The zero-order valence-electron chi connectivity index (χ0n) is 16.5. The Bertz CT molecular complexity index is 1040. The minimum atomic E-state index is -0.899. The van der Waals surface area contributed by atoms with E-state index in [9.17, 15) is 5.11 Å². The smallest absolute Gasteiger partial charge is 0.211 e. The van der Waals surface area contributed by atoms with Gasteiger partial charge in [-0.2, -0.15) is 0 Å². The summed E-state index contributed by atoms with van der Waals surface area (Å²) in [7, 11) is 0. The van der Waals surface area contributed by atoms with Crippen LogP contribution in [0.15, 0.2) is 30.3 Å². The normalized spacial score (nSPS) is 14.6. The van der Waals surface area contributed by atoms with E-state index in [1.807, 2.05) is 45.0 Å². The molecule has 0 unspecified atom stereocenters. The fraction of sp³-hybridized carbons (Fsp3) is 0.409. The van der Waals surface area contributed by atoms with Crippen molar-refractivity contribution in [3.05, 3.63) is 51.5 Å². The largest absolute Gasteiger partial charge is 0.385 e. The molecule has 0 radical (unpaired) electrons. The van der Waals surface area contributed by atoms with Crippen LogP contribution >= 0.6 is 23.2 Å². The van der Waals surface area contributed by atoms with Crippen LogP contribution in [0.1, 0.15) is 44.2 Å². The fourth-order valence-corrected chi connectivity index (χ4v) is 4.70. The number of rotatable bonds is 4. The van der Waals surface area contributed by atoms with Gasteiger partial charge in [-0.25, -0.2) is 4.98 Å². The minimum absolute atomic E-state index is 0.602. The first-order valence-electron chi connectivity index (χ1n) is 9.85. The molecule has 6 heteroatoms. The van der Waals surface area contributed by atoms with Gasteiger partial charge in [0.2, 0.25) is 5.95 Å². The van der Waals surface area contributed by atoms with Crippen molar-refractivity contribution in [2.75, 3.05) is 11.4 Å². The molecule has 0 bridgehead atoms. The van der Waals surface area contributed by atoms with Gasteiger partial charge < -0.3 is 14.6 Å². The van der Waals surface area contributed by atoms with Crippen molar-refractivity contribution in [3.63, 3.8) is 0 Å². The molecule has 0 fully saturated rings. The zero-order chi connectivity index (χ0) is 20.1. The average molecular weight is 418 g/mol. The van der Waals surface area contributed by atoms with Crippen LogP contribution in [0.4, 0.5) is 11.6 Å². The monoisotopic (exact) mass is 417 g/mol. The summed E-state index contributed by atoms with van der Waals surface area (Å²) in [6.07, 6.45) is 2.23. The Morgan fingerprint density at radius 3 is 2.50 bits per heavy atom. The third-order valence-electron chi connectivity index (χ3n) is 5.90. The zero-order valence-corrected chi connectivity index (χ0v) is 18.0. The van der Waals surface area contributed by atoms with E-state index in [4.69, 9.17) is 28.2 Å². The van der Waals surface area contributed by atoms with Gasteiger partial charge in [-0.05, 0) is 49.9 Å². The van der Waals surface area contributed by atoms with Crippen LogP contribution in [0, 0.1) is 6.92 Å². The van der Waals surface area contributed by atoms with E-state index < -0.39 is 5.60 Å². The Morgan fingerprint density at radius 1 is 1.07 bits per heavy atom. The standard InChI is InChI=1S/C22H25Cl2N3O/c1-4-22(28,5-2)15-8-9-16(23)19-20(15)27-12-6-11-26(21(27)25-19)18-10-7-14(3)13-17(18)24/h7-10,13,28H,4-6,11-12H2,1-3H3. The molecule has 4 nitrogen and oxygen atoms in total. The first-order valence-corrected chi connectivity index (χ1v) is 10.6. The number of hydrogen-bond donors (Lipinski definition) is 1. The Labute approximate surface area is 175 Å². The van der Waals surface area contributed by atoms with Crippen molar-refractivity contribution in [3.8, 4) is 0 Å². The van der Waals surface area contributed by atoms with Crippen molar-refractivity contribution < 1.29 is 5.11 Å². The number of imidazole rings is 1. The third-order valence-corrected chi connectivity index (χ3v) is 6.50. The number of nitrogens with zero attached hydrogens (tertiary/aromatic N) is 3. The minimum Gasteiger partial charge on any atom is -0.385 e. The fourth-order valence-electron chi connectivity index (χ4n) is 4.17.